The number of aliphatic hydroxyl groups excluding tert-OH is 1. The van der Waals surface area contributed by atoms with Crippen molar-refractivity contribution in [3.8, 4) is 5.88 Å². The van der Waals surface area contributed by atoms with E-state index in [1.54, 1.807) is 6.07 Å². The summed E-state index contributed by atoms with van der Waals surface area (Å²) in [5, 5.41) is 9.32. The van der Waals surface area contributed by atoms with Crippen molar-refractivity contribution in [3.63, 3.8) is 0 Å². The Kier molecular flexibility index (Phi) is 3.48. The summed E-state index contributed by atoms with van der Waals surface area (Å²) in [5.41, 5.74) is 6.22. The summed E-state index contributed by atoms with van der Waals surface area (Å²) < 4.78 is 4.96. The van der Waals surface area contributed by atoms with Crippen LogP contribution < -0.4 is 10.5 Å². The quantitative estimate of drug-likeness (QED) is 0.759. The molecule has 1 aromatic heterocycles. The van der Waals surface area contributed by atoms with Gasteiger partial charge in [0.25, 0.3) is 0 Å². The standard InChI is InChI=1S/C8H11ClN2O2/c1-13-8-6(7(10)4-12)2-5(9)3-11-8/h2-3,7,12H,4,10H2,1H3/t7-/m1/s1. The lowest BCUT2D eigenvalue weighted by Gasteiger charge is -2.12. The molecule has 0 saturated heterocycles. The highest BCUT2D eigenvalue weighted by Crippen LogP contribution is 2.23. The maximum absolute atomic E-state index is 8.85. The first kappa shape index (κ1) is 10.2. The molecule has 0 aliphatic carbocycles. The number of pyridine rings is 1. The second-order valence-corrected chi connectivity index (χ2v) is 2.98. The van der Waals surface area contributed by atoms with E-state index in [1.165, 1.54) is 13.3 Å². The molecule has 3 N–H and O–H groups in total. The molecule has 13 heavy (non-hydrogen) atoms. The SMILES string of the molecule is COc1ncc(Cl)cc1[C@H](N)CO. The van der Waals surface area contributed by atoms with Gasteiger partial charge in [-0.3, -0.25) is 0 Å². The fraction of sp³-hybridized carbons (Fsp3) is 0.375. The van der Waals surface area contributed by atoms with Crippen molar-refractivity contribution in [2.24, 2.45) is 5.73 Å². The molecule has 0 bridgehead atoms. The van der Waals surface area contributed by atoms with Crippen LogP contribution in [0.1, 0.15) is 11.6 Å². The lowest BCUT2D eigenvalue weighted by molar-refractivity contribution is 0.263. The number of nitrogens with two attached hydrogens (primary N) is 1. The third kappa shape index (κ3) is 2.30. The first-order valence-electron chi connectivity index (χ1n) is 3.75. The van der Waals surface area contributed by atoms with Gasteiger partial charge in [-0.15, -0.1) is 0 Å². The minimum Gasteiger partial charge on any atom is -0.481 e. The molecule has 4 nitrogen and oxygen atoms in total. The molecule has 5 heteroatoms. The molecule has 1 rings (SSSR count). The number of nitrogens with zero attached hydrogens (tertiary/aromatic N) is 1. The monoisotopic (exact) mass is 202 g/mol. The van der Waals surface area contributed by atoms with E-state index in [2.05, 4.69) is 4.98 Å². The van der Waals surface area contributed by atoms with Gasteiger partial charge in [-0.1, -0.05) is 11.6 Å². The molecule has 1 aromatic rings. The highest BCUT2D eigenvalue weighted by Gasteiger charge is 2.12. The van der Waals surface area contributed by atoms with Crippen LogP contribution in [0.25, 0.3) is 0 Å². The third-order valence-electron chi connectivity index (χ3n) is 1.63. The molecule has 0 unspecified atom stereocenters. The van der Waals surface area contributed by atoms with Crippen molar-refractivity contribution in [1.29, 1.82) is 0 Å². The van der Waals surface area contributed by atoms with E-state index in [0.29, 0.717) is 16.5 Å². The van der Waals surface area contributed by atoms with Gasteiger partial charge in [0.05, 0.1) is 24.8 Å². The molecule has 1 heterocycles. The Bertz CT molecular complexity index is 293. The Morgan fingerprint density at radius 1 is 1.77 bits per heavy atom. The van der Waals surface area contributed by atoms with Gasteiger partial charge in [-0.25, -0.2) is 4.98 Å². The summed E-state index contributed by atoms with van der Waals surface area (Å²) in [7, 11) is 1.49. The molecule has 0 aliphatic rings. The highest BCUT2D eigenvalue weighted by molar-refractivity contribution is 6.30. The van der Waals surface area contributed by atoms with Crippen LogP contribution in [0.4, 0.5) is 0 Å². The molecule has 72 valence electrons. The van der Waals surface area contributed by atoms with Crippen molar-refractivity contribution >= 4 is 11.6 Å². The number of hydrogen-bond donors (Lipinski definition) is 2. The molecule has 1 atom stereocenters. The predicted molar refractivity (Wildman–Crippen MR) is 49.8 cm³/mol. The van der Waals surface area contributed by atoms with Crippen LogP contribution in [-0.2, 0) is 0 Å². The maximum atomic E-state index is 8.85. The summed E-state index contributed by atoms with van der Waals surface area (Å²) in [6.07, 6.45) is 1.47. The Labute approximate surface area is 81.3 Å². The predicted octanol–water partition coefficient (Wildman–Crippen LogP) is 0.736. The number of aliphatic hydroxyl groups is 1. The molecule has 0 radical (unpaired) electrons. The molecule has 0 amide bonds. The van der Waals surface area contributed by atoms with E-state index >= 15 is 0 Å². The van der Waals surface area contributed by atoms with Crippen molar-refractivity contribution < 1.29 is 9.84 Å². The van der Waals surface area contributed by atoms with Crippen molar-refractivity contribution in [2.45, 2.75) is 6.04 Å². The van der Waals surface area contributed by atoms with Gasteiger partial charge in [0.1, 0.15) is 0 Å². The molecular weight excluding hydrogens is 192 g/mol. The van der Waals surface area contributed by atoms with Gasteiger partial charge < -0.3 is 15.6 Å². The van der Waals surface area contributed by atoms with Crippen LogP contribution in [0.15, 0.2) is 12.3 Å². The van der Waals surface area contributed by atoms with Gasteiger partial charge in [-0.2, -0.15) is 0 Å². The Hall–Kier alpha value is -0.840. The molecule has 0 aromatic carbocycles. The molecular formula is C8H11ClN2O2. The van der Waals surface area contributed by atoms with E-state index in [9.17, 15) is 0 Å². The number of methoxy groups -OCH3 is 1. The highest BCUT2D eigenvalue weighted by atomic mass is 35.5. The minimum atomic E-state index is -0.513. The van der Waals surface area contributed by atoms with E-state index < -0.39 is 6.04 Å². The smallest absolute Gasteiger partial charge is 0.218 e. The summed E-state index contributed by atoms with van der Waals surface area (Å²) in [5.74, 6) is 0.394. The Morgan fingerprint density at radius 2 is 2.46 bits per heavy atom. The third-order valence-corrected chi connectivity index (χ3v) is 1.84. The molecule has 0 fully saturated rings. The summed E-state index contributed by atoms with van der Waals surface area (Å²) >= 11 is 5.72. The number of rotatable bonds is 3. The lowest BCUT2D eigenvalue weighted by Crippen LogP contribution is -2.16. The van der Waals surface area contributed by atoms with Crippen LogP contribution >= 0.6 is 11.6 Å². The molecule has 0 spiro atoms. The van der Waals surface area contributed by atoms with Crippen LogP contribution in [0.5, 0.6) is 5.88 Å². The average molecular weight is 203 g/mol. The van der Waals surface area contributed by atoms with Gasteiger partial charge in [-0.05, 0) is 6.07 Å². The zero-order valence-corrected chi connectivity index (χ0v) is 7.95. The maximum Gasteiger partial charge on any atom is 0.218 e. The minimum absolute atomic E-state index is 0.168. The normalized spacial score (nSPS) is 12.6. The zero-order valence-electron chi connectivity index (χ0n) is 7.20. The lowest BCUT2D eigenvalue weighted by atomic mass is 10.1. The summed E-state index contributed by atoms with van der Waals surface area (Å²) in [4.78, 5) is 3.92. The van der Waals surface area contributed by atoms with Crippen molar-refractivity contribution in [1.82, 2.24) is 4.98 Å². The number of aromatic nitrogens is 1. The number of ether oxygens (including phenoxy) is 1. The van der Waals surface area contributed by atoms with Crippen LogP contribution in [-0.4, -0.2) is 23.8 Å². The first-order chi connectivity index (χ1) is 6.19. The number of halogens is 1. The molecule has 0 aliphatic heterocycles. The van der Waals surface area contributed by atoms with Gasteiger partial charge in [0, 0.05) is 11.8 Å². The zero-order chi connectivity index (χ0) is 9.84. The second kappa shape index (κ2) is 4.41. The molecule has 0 saturated carbocycles. The van der Waals surface area contributed by atoms with E-state index in [1.807, 2.05) is 0 Å². The number of hydrogen-bond acceptors (Lipinski definition) is 4. The van der Waals surface area contributed by atoms with Crippen LogP contribution in [0.3, 0.4) is 0 Å². The summed E-state index contributed by atoms with van der Waals surface area (Å²) in [6.45, 7) is -0.168. The van der Waals surface area contributed by atoms with Crippen LogP contribution in [0.2, 0.25) is 5.02 Å². The summed E-state index contributed by atoms with van der Waals surface area (Å²) in [6, 6.07) is 1.12. The van der Waals surface area contributed by atoms with Gasteiger partial charge in [0.15, 0.2) is 0 Å². The fourth-order valence-electron chi connectivity index (χ4n) is 0.977. The van der Waals surface area contributed by atoms with E-state index in [-0.39, 0.29) is 6.61 Å². The largest absolute Gasteiger partial charge is 0.481 e. The van der Waals surface area contributed by atoms with Crippen LogP contribution in [0, 0.1) is 0 Å². The van der Waals surface area contributed by atoms with Crippen molar-refractivity contribution in [2.75, 3.05) is 13.7 Å². The van der Waals surface area contributed by atoms with Gasteiger partial charge >= 0.3 is 0 Å². The fourth-order valence-corrected chi connectivity index (χ4v) is 1.14. The topological polar surface area (TPSA) is 68.4 Å². The van der Waals surface area contributed by atoms with Gasteiger partial charge in [0.2, 0.25) is 5.88 Å². The Balaban J connectivity index is 3.07. The van der Waals surface area contributed by atoms with E-state index in [0.717, 1.165) is 0 Å². The second-order valence-electron chi connectivity index (χ2n) is 2.54. The average Bonchev–Trinajstić information content (AvgIpc) is 2.16. The first-order valence-corrected chi connectivity index (χ1v) is 4.12. The van der Waals surface area contributed by atoms with Crippen molar-refractivity contribution in [3.05, 3.63) is 22.8 Å². The van der Waals surface area contributed by atoms with E-state index in [4.69, 9.17) is 27.2 Å². The Morgan fingerprint density at radius 3 is 3.00 bits per heavy atom.